The molecule has 9 nitrogen and oxygen atoms in total. The lowest BCUT2D eigenvalue weighted by molar-refractivity contribution is 0.0158. The fraction of sp³-hybridized carbons (Fsp3) is 0.423. The van der Waals surface area contributed by atoms with Crippen LogP contribution in [0.15, 0.2) is 48.2 Å². The number of anilines is 1. The van der Waals surface area contributed by atoms with Crippen LogP contribution in [0, 0.1) is 0 Å². The molecule has 6 rings (SSSR count). The molecule has 1 amide bonds. The highest BCUT2D eigenvalue weighted by atomic mass is 32.1. The zero-order chi connectivity index (χ0) is 24.9. The molecule has 1 unspecified atom stereocenters. The normalized spacial score (nSPS) is 18.1. The Morgan fingerprint density at radius 3 is 2.67 bits per heavy atom. The zero-order valence-electron chi connectivity index (χ0n) is 20.7. The van der Waals surface area contributed by atoms with Crippen LogP contribution in [0.1, 0.15) is 40.0 Å². The quantitative estimate of drug-likeness (QED) is 0.382. The average molecular weight is 504 g/mol. The molecular weight excluding hydrogens is 474 g/mol. The van der Waals surface area contributed by atoms with Gasteiger partial charge in [-0.3, -0.25) is 0 Å². The van der Waals surface area contributed by atoms with Crippen molar-refractivity contribution in [2.75, 3.05) is 18.0 Å². The highest BCUT2D eigenvalue weighted by Crippen LogP contribution is 2.35. The number of hydrogen-bond acceptors (Lipinski definition) is 8. The molecule has 1 saturated heterocycles. The molecule has 1 aliphatic carbocycles. The van der Waals surface area contributed by atoms with Crippen LogP contribution >= 0.6 is 11.3 Å². The molecule has 4 heterocycles. The van der Waals surface area contributed by atoms with Crippen molar-refractivity contribution < 1.29 is 9.53 Å². The van der Waals surface area contributed by atoms with Crippen LogP contribution < -0.4 is 4.90 Å². The first kappa shape index (κ1) is 22.9. The third-order valence-corrected chi connectivity index (χ3v) is 7.43. The second-order valence-corrected chi connectivity index (χ2v) is 11.3. The van der Waals surface area contributed by atoms with Crippen molar-refractivity contribution in [1.82, 2.24) is 29.9 Å². The molecule has 186 valence electrons. The topological polar surface area (TPSA) is 89.3 Å². The molecule has 3 aromatic heterocycles. The highest BCUT2D eigenvalue weighted by molar-refractivity contribution is 7.17. The van der Waals surface area contributed by atoms with Crippen molar-refractivity contribution in [3.05, 3.63) is 48.2 Å². The second kappa shape index (κ2) is 8.85. The maximum atomic E-state index is 12.9. The lowest BCUT2D eigenvalue weighted by Gasteiger charge is -2.31. The summed E-state index contributed by atoms with van der Waals surface area (Å²) in [6, 6.07) is 10.4. The van der Waals surface area contributed by atoms with E-state index >= 15 is 0 Å². The molecule has 0 radical (unpaired) electrons. The number of thiazole rings is 1. The maximum Gasteiger partial charge on any atom is 0.410 e. The van der Waals surface area contributed by atoms with Crippen LogP contribution in [0.25, 0.3) is 27.2 Å². The van der Waals surface area contributed by atoms with Crippen LogP contribution in [-0.2, 0) is 4.74 Å². The predicted octanol–water partition coefficient (Wildman–Crippen LogP) is 4.92. The van der Waals surface area contributed by atoms with Gasteiger partial charge in [-0.25, -0.2) is 14.5 Å². The van der Waals surface area contributed by atoms with Crippen molar-refractivity contribution in [1.29, 1.82) is 0 Å². The number of carbonyl (C=O) groups excluding carboxylic acids is 1. The largest absolute Gasteiger partial charge is 0.444 e. The van der Waals surface area contributed by atoms with Crippen LogP contribution in [0.3, 0.4) is 0 Å². The van der Waals surface area contributed by atoms with E-state index in [9.17, 15) is 4.79 Å². The number of rotatable bonds is 5. The summed E-state index contributed by atoms with van der Waals surface area (Å²) >= 11 is 1.59. The van der Waals surface area contributed by atoms with Gasteiger partial charge in [0.25, 0.3) is 0 Å². The summed E-state index contributed by atoms with van der Waals surface area (Å²) in [6.45, 7) is 7.32. The number of nitrogens with zero attached hydrogens (tertiary/aromatic N) is 7. The second-order valence-electron chi connectivity index (χ2n) is 10.4. The smallest absolute Gasteiger partial charge is 0.410 e. The summed E-state index contributed by atoms with van der Waals surface area (Å²) in [5, 5.41) is 13.5. The SMILES string of the molecule is CC(C)(C)OC(=O)N(C1CC1)C1CCN(c2ccc(-c3ccc(-n4cccn4)c4ncsc34)nn2)C1. The molecule has 2 aliphatic rings. The minimum atomic E-state index is -0.496. The number of benzene rings is 1. The monoisotopic (exact) mass is 503 g/mol. The molecular formula is C26H29N7O2S. The lowest BCUT2D eigenvalue weighted by Crippen LogP contribution is -2.46. The number of amides is 1. The van der Waals surface area contributed by atoms with Crippen LogP contribution in [0.5, 0.6) is 0 Å². The highest BCUT2D eigenvalue weighted by Gasteiger charge is 2.42. The molecule has 10 heteroatoms. The molecule has 0 spiro atoms. The molecule has 1 aromatic carbocycles. The third-order valence-electron chi connectivity index (χ3n) is 6.57. The minimum Gasteiger partial charge on any atom is -0.444 e. The first-order valence-corrected chi connectivity index (χ1v) is 13.2. The van der Waals surface area contributed by atoms with E-state index in [-0.39, 0.29) is 12.1 Å². The van der Waals surface area contributed by atoms with E-state index in [0.29, 0.717) is 6.04 Å². The van der Waals surface area contributed by atoms with Gasteiger partial charge >= 0.3 is 6.09 Å². The molecule has 1 saturated carbocycles. The fourth-order valence-electron chi connectivity index (χ4n) is 4.81. The lowest BCUT2D eigenvalue weighted by atomic mass is 10.1. The summed E-state index contributed by atoms with van der Waals surface area (Å²) < 4.78 is 8.60. The Morgan fingerprint density at radius 1 is 1.11 bits per heavy atom. The van der Waals surface area contributed by atoms with E-state index in [1.807, 2.05) is 66.3 Å². The van der Waals surface area contributed by atoms with Gasteiger partial charge in [-0.05, 0) is 70.4 Å². The van der Waals surface area contributed by atoms with Gasteiger partial charge in [-0.15, -0.1) is 21.5 Å². The first-order chi connectivity index (χ1) is 17.4. The number of fused-ring (bicyclic) bond motifs is 1. The number of ether oxygens (including phenoxy) is 1. The standard InChI is InChI=1S/C26H29N7O2S/c1-26(2,3)35-25(34)33(17-5-6-17)18-11-14-31(15-18)22-10-8-20(29-30-22)19-7-9-21(32-13-4-12-28-32)23-24(19)36-16-27-23/h4,7-10,12-13,16-18H,5-6,11,14-15H2,1-3H3. The van der Waals surface area contributed by atoms with Gasteiger partial charge in [0.2, 0.25) is 0 Å². The van der Waals surface area contributed by atoms with Crippen molar-refractivity contribution >= 4 is 33.5 Å². The Balaban J connectivity index is 1.20. The minimum absolute atomic E-state index is 0.125. The molecule has 1 aliphatic heterocycles. The zero-order valence-corrected chi connectivity index (χ0v) is 21.5. The molecule has 4 aromatic rings. The Kier molecular flexibility index (Phi) is 5.63. The van der Waals surface area contributed by atoms with Crippen molar-refractivity contribution in [2.24, 2.45) is 0 Å². The van der Waals surface area contributed by atoms with E-state index in [2.05, 4.69) is 31.2 Å². The van der Waals surface area contributed by atoms with E-state index in [4.69, 9.17) is 4.74 Å². The van der Waals surface area contributed by atoms with E-state index in [1.54, 1.807) is 17.5 Å². The van der Waals surface area contributed by atoms with Gasteiger partial charge in [-0.1, -0.05) is 0 Å². The summed E-state index contributed by atoms with van der Waals surface area (Å²) in [4.78, 5) is 21.7. The summed E-state index contributed by atoms with van der Waals surface area (Å²) in [6.07, 6.45) is 6.47. The average Bonchev–Trinajstić information content (AvgIpc) is 3.26. The third kappa shape index (κ3) is 4.41. The summed E-state index contributed by atoms with van der Waals surface area (Å²) in [5.41, 5.74) is 5.01. The van der Waals surface area contributed by atoms with Gasteiger partial charge < -0.3 is 14.5 Å². The Bertz CT molecular complexity index is 1370. The molecule has 1 atom stereocenters. The molecule has 0 bridgehead atoms. The fourth-order valence-corrected chi connectivity index (χ4v) is 5.64. The van der Waals surface area contributed by atoms with Gasteiger partial charge in [0.05, 0.1) is 27.6 Å². The van der Waals surface area contributed by atoms with Gasteiger partial charge in [0, 0.05) is 37.1 Å². The molecule has 2 fully saturated rings. The van der Waals surface area contributed by atoms with Gasteiger partial charge in [0.1, 0.15) is 11.1 Å². The number of carbonyl (C=O) groups is 1. The van der Waals surface area contributed by atoms with Crippen LogP contribution in [-0.4, -0.2) is 66.7 Å². The first-order valence-electron chi connectivity index (χ1n) is 12.3. The Morgan fingerprint density at radius 2 is 1.97 bits per heavy atom. The summed E-state index contributed by atoms with van der Waals surface area (Å²) in [5.74, 6) is 0.829. The van der Waals surface area contributed by atoms with Gasteiger partial charge in [-0.2, -0.15) is 5.10 Å². The Labute approximate surface area is 213 Å². The van der Waals surface area contributed by atoms with Crippen molar-refractivity contribution in [3.63, 3.8) is 0 Å². The predicted molar refractivity (Wildman–Crippen MR) is 139 cm³/mol. The van der Waals surface area contributed by atoms with E-state index in [1.165, 1.54) is 0 Å². The maximum absolute atomic E-state index is 12.9. The summed E-state index contributed by atoms with van der Waals surface area (Å²) in [7, 11) is 0. The van der Waals surface area contributed by atoms with Crippen molar-refractivity contribution in [2.45, 2.75) is 57.7 Å². The van der Waals surface area contributed by atoms with Crippen LogP contribution in [0.4, 0.5) is 10.6 Å². The molecule has 36 heavy (non-hydrogen) atoms. The number of aromatic nitrogens is 5. The van der Waals surface area contributed by atoms with E-state index < -0.39 is 5.60 Å². The Hall–Kier alpha value is -3.53. The van der Waals surface area contributed by atoms with Crippen molar-refractivity contribution in [3.8, 4) is 16.9 Å². The number of hydrogen-bond donors (Lipinski definition) is 0. The van der Waals surface area contributed by atoms with E-state index in [0.717, 1.165) is 65.3 Å². The van der Waals surface area contributed by atoms with Gasteiger partial charge in [0.15, 0.2) is 5.82 Å². The van der Waals surface area contributed by atoms with Crippen LogP contribution in [0.2, 0.25) is 0 Å². The molecule has 0 N–H and O–H groups in total.